The van der Waals surface area contributed by atoms with Gasteiger partial charge in [-0.05, 0) is 30.0 Å². The van der Waals surface area contributed by atoms with E-state index in [4.69, 9.17) is 5.14 Å². The number of nitrogens with two attached hydrogens (primary N) is 1. The van der Waals surface area contributed by atoms with Crippen LogP contribution in [-0.2, 0) is 16.6 Å². The number of benzene rings is 2. The number of thioether (sulfide) groups is 1. The molecule has 2 rings (SSSR count). The highest BCUT2D eigenvalue weighted by Crippen LogP contribution is 2.24. The van der Waals surface area contributed by atoms with Gasteiger partial charge in [0.25, 0.3) is 5.69 Å². The van der Waals surface area contributed by atoms with Gasteiger partial charge in [-0.15, -0.1) is 11.8 Å². The minimum Gasteiger partial charge on any atom is -0.381 e. The number of nitro benzene ring substituents is 1. The molecule has 0 bridgehead atoms. The number of hydrogen-bond acceptors (Lipinski definition) is 6. The summed E-state index contributed by atoms with van der Waals surface area (Å²) in [5.41, 5.74) is 0.945. The number of non-ortho nitro benzene ring substituents is 1. The number of sulfonamides is 1. The Morgan fingerprint density at radius 3 is 2.39 bits per heavy atom. The van der Waals surface area contributed by atoms with E-state index in [2.05, 4.69) is 5.32 Å². The molecular formula is C14H15N3O4S2. The summed E-state index contributed by atoms with van der Waals surface area (Å²) in [4.78, 5) is 11.1. The standard InChI is InChI=1S/C14H15N3O4S2/c1-22-13-4-2-10(3-5-13)9-16-11-6-12(17(18)19)8-14(7-11)23(15,20)21/h2-8,16H,9H2,1H3,(H2,15,20,21). The summed E-state index contributed by atoms with van der Waals surface area (Å²) in [6, 6.07) is 11.3. The average molecular weight is 353 g/mol. The molecule has 0 unspecified atom stereocenters. The molecule has 3 N–H and O–H groups in total. The molecule has 2 aromatic rings. The van der Waals surface area contributed by atoms with Crippen LogP contribution in [0.4, 0.5) is 11.4 Å². The maximum absolute atomic E-state index is 11.4. The van der Waals surface area contributed by atoms with Gasteiger partial charge in [0.1, 0.15) is 0 Å². The Bertz CT molecular complexity index is 820. The van der Waals surface area contributed by atoms with Gasteiger partial charge in [0, 0.05) is 29.3 Å². The molecule has 0 aliphatic rings. The van der Waals surface area contributed by atoms with E-state index >= 15 is 0 Å². The summed E-state index contributed by atoms with van der Waals surface area (Å²) in [6.07, 6.45) is 1.98. The van der Waals surface area contributed by atoms with E-state index in [0.717, 1.165) is 16.5 Å². The van der Waals surface area contributed by atoms with Gasteiger partial charge in [0.2, 0.25) is 10.0 Å². The van der Waals surface area contributed by atoms with Gasteiger partial charge >= 0.3 is 0 Å². The molecule has 23 heavy (non-hydrogen) atoms. The molecule has 2 aromatic carbocycles. The smallest absolute Gasteiger partial charge is 0.272 e. The first kappa shape index (κ1) is 17.3. The van der Waals surface area contributed by atoms with E-state index in [-0.39, 0.29) is 10.6 Å². The van der Waals surface area contributed by atoms with Crippen molar-refractivity contribution in [3.05, 3.63) is 58.1 Å². The Morgan fingerprint density at radius 1 is 1.22 bits per heavy atom. The fraction of sp³-hybridized carbons (Fsp3) is 0.143. The van der Waals surface area contributed by atoms with E-state index < -0.39 is 14.9 Å². The molecular weight excluding hydrogens is 338 g/mol. The van der Waals surface area contributed by atoms with Crippen LogP contribution in [0.5, 0.6) is 0 Å². The fourth-order valence-corrected chi connectivity index (χ4v) is 2.89. The van der Waals surface area contributed by atoms with E-state index in [1.54, 1.807) is 11.8 Å². The second-order valence-corrected chi connectivity index (χ2v) is 7.16. The zero-order valence-electron chi connectivity index (χ0n) is 12.2. The predicted octanol–water partition coefficient (Wildman–Crippen LogP) is 2.58. The zero-order valence-corrected chi connectivity index (χ0v) is 13.9. The lowest BCUT2D eigenvalue weighted by Gasteiger charge is -2.09. The van der Waals surface area contributed by atoms with Crippen molar-refractivity contribution >= 4 is 33.2 Å². The van der Waals surface area contributed by atoms with Crippen LogP contribution in [0.25, 0.3) is 0 Å². The van der Waals surface area contributed by atoms with E-state index in [1.807, 2.05) is 30.5 Å². The van der Waals surface area contributed by atoms with Crippen LogP contribution in [0.3, 0.4) is 0 Å². The molecule has 0 saturated heterocycles. The molecule has 0 aliphatic heterocycles. The van der Waals surface area contributed by atoms with Crippen molar-refractivity contribution in [3.63, 3.8) is 0 Å². The summed E-state index contributed by atoms with van der Waals surface area (Å²) in [6.45, 7) is 0.403. The number of nitro groups is 1. The van der Waals surface area contributed by atoms with E-state index in [1.165, 1.54) is 12.1 Å². The molecule has 0 atom stereocenters. The third kappa shape index (κ3) is 4.68. The molecule has 0 heterocycles. The van der Waals surface area contributed by atoms with Crippen molar-refractivity contribution in [2.75, 3.05) is 11.6 Å². The van der Waals surface area contributed by atoms with Crippen LogP contribution in [0.2, 0.25) is 0 Å². The van der Waals surface area contributed by atoms with Gasteiger partial charge in [-0.25, -0.2) is 13.6 Å². The third-order valence-electron chi connectivity index (χ3n) is 3.09. The Labute approximate surface area is 138 Å². The maximum Gasteiger partial charge on any atom is 0.272 e. The van der Waals surface area contributed by atoms with Crippen molar-refractivity contribution in [2.24, 2.45) is 5.14 Å². The monoisotopic (exact) mass is 353 g/mol. The average Bonchev–Trinajstić information content (AvgIpc) is 2.52. The van der Waals surface area contributed by atoms with Crippen LogP contribution >= 0.6 is 11.8 Å². The van der Waals surface area contributed by atoms with Crippen molar-refractivity contribution < 1.29 is 13.3 Å². The quantitative estimate of drug-likeness (QED) is 0.468. The molecule has 0 aromatic heterocycles. The molecule has 122 valence electrons. The van der Waals surface area contributed by atoms with E-state index in [9.17, 15) is 18.5 Å². The topological polar surface area (TPSA) is 115 Å². The number of rotatable bonds is 6. The normalized spacial score (nSPS) is 11.2. The largest absolute Gasteiger partial charge is 0.381 e. The molecule has 0 fully saturated rings. The summed E-state index contributed by atoms with van der Waals surface area (Å²) in [5, 5.41) is 18.9. The first-order valence-electron chi connectivity index (χ1n) is 6.48. The maximum atomic E-state index is 11.4. The van der Waals surface area contributed by atoms with Gasteiger partial charge < -0.3 is 5.32 Å². The lowest BCUT2D eigenvalue weighted by Crippen LogP contribution is -2.13. The van der Waals surface area contributed by atoms with Gasteiger partial charge in [-0.2, -0.15) is 0 Å². The summed E-state index contributed by atoms with van der Waals surface area (Å²) < 4.78 is 22.9. The Balaban J connectivity index is 2.24. The molecule has 7 nitrogen and oxygen atoms in total. The van der Waals surface area contributed by atoms with Gasteiger partial charge in [-0.3, -0.25) is 10.1 Å². The molecule has 0 radical (unpaired) electrons. The number of nitrogens with zero attached hydrogens (tertiary/aromatic N) is 1. The number of primary sulfonamides is 1. The second kappa shape index (κ2) is 6.99. The first-order chi connectivity index (χ1) is 10.8. The van der Waals surface area contributed by atoms with Gasteiger partial charge in [-0.1, -0.05) is 12.1 Å². The highest BCUT2D eigenvalue weighted by atomic mass is 32.2. The second-order valence-electron chi connectivity index (χ2n) is 4.72. The van der Waals surface area contributed by atoms with Crippen LogP contribution in [0, 0.1) is 10.1 Å². The predicted molar refractivity (Wildman–Crippen MR) is 90.0 cm³/mol. The van der Waals surface area contributed by atoms with Crippen molar-refractivity contribution in [2.45, 2.75) is 16.3 Å². The lowest BCUT2D eigenvalue weighted by atomic mass is 10.2. The zero-order chi connectivity index (χ0) is 17.0. The molecule has 0 aliphatic carbocycles. The molecule has 9 heteroatoms. The van der Waals surface area contributed by atoms with Gasteiger partial charge in [0.05, 0.1) is 9.82 Å². The molecule has 0 saturated carbocycles. The summed E-state index contributed by atoms with van der Waals surface area (Å²) in [5.74, 6) is 0. The van der Waals surface area contributed by atoms with Crippen molar-refractivity contribution in [1.29, 1.82) is 0 Å². The number of hydrogen-bond donors (Lipinski definition) is 2. The highest BCUT2D eigenvalue weighted by Gasteiger charge is 2.16. The highest BCUT2D eigenvalue weighted by molar-refractivity contribution is 7.98. The Hall–Kier alpha value is -2.10. The SMILES string of the molecule is CSc1ccc(CNc2cc([N+](=O)[O-])cc(S(N)(=O)=O)c2)cc1. The van der Waals surface area contributed by atoms with E-state index in [0.29, 0.717) is 12.2 Å². The first-order valence-corrected chi connectivity index (χ1v) is 9.26. The van der Waals surface area contributed by atoms with Gasteiger partial charge in [0.15, 0.2) is 0 Å². The Morgan fingerprint density at radius 2 is 1.87 bits per heavy atom. The van der Waals surface area contributed by atoms with Crippen LogP contribution < -0.4 is 10.5 Å². The Kier molecular flexibility index (Phi) is 5.24. The summed E-state index contributed by atoms with van der Waals surface area (Å²) >= 11 is 1.63. The fourth-order valence-electron chi connectivity index (χ4n) is 1.90. The van der Waals surface area contributed by atoms with Crippen LogP contribution in [0.15, 0.2) is 52.3 Å². The van der Waals surface area contributed by atoms with Crippen LogP contribution in [0.1, 0.15) is 5.56 Å². The summed E-state index contributed by atoms with van der Waals surface area (Å²) in [7, 11) is -4.02. The minimum absolute atomic E-state index is 0.299. The molecule has 0 amide bonds. The van der Waals surface area contributed by atoms with Crippen molar-refractivity contribution in [1.82, 2.24) is 0 Å². The lowest BCUT2D eigenvalue weighted by molar-refractivity contribution is -0.385. The number of anilines is 1. The van der Waals surface area contributed by atoms with Crippen LogP contribution in [-0.4, -0.2) is 19.6 Å². The third-order valence-corrected chi connectivity index (χ3v) is 4.72. The number of nitrogens with one attached hydrogen (secondary N) is 1. The van der Waals surface area contributed by atoms with Crippen molar-refractivity contribution in [3.8, 4) is 0 Å². The minimum atomic E-state index is -4.02. The molecule has 0 spiro atoms.